The summed E-state index contributed by atoms with van der Waals surface area (Å²) in [6, 6.07) is 18.3. The molecule has 0 aliphatic carbocycles. The van der Waals surface area contributed by atoms with Crippen molar-refractivity contribution >= 4 is 22.7 Å². The van der Waals surface area contributed by atoms with Crippen LogP contribution >= 0.6 is 0 Å². The average Bonchev–Trinajstić information content (AvgIpc) is 3.38. The average molecular weight is 403 g/mol. The molecule has 0 aliphatic rings. The number of para-hydroxylation sites is 1. The molecule has 2 amide bonds. The summed E-state index contributed by atoms with van der Waals surface area (Å²) in [5.74, 6) is 0.269. The zero-order valence-corrected chi connectivity index (χ0v) is 16.6. The van der Waals surface area contributed by atoms with Gasteiger partial charge in [0.2, 0.25) is 0 Å². The molecule has 0 unspecified atom stereocenters. The van der Waals surface area contributed by atoms with Crippen molar-refractivity contribution in [3.8, 4) is 5.75 Å². The summed E-state index contributed by atoms with van der Waals surface area (Å²) in [6.45, 7) is 4.18. The fraction of sp³-hybridized carbons (Fsp3) is 0.130. The van der Waals surface area contributed by atoms with Gasteiger partial charge in [0, 0.05) is 10.9 Å². The number of amides is 2. The molecule has 7 nitrogen and oxygen atoms in total. The van der Waals surface area contributed by atoms with Crippen LogP contribution in [0.15, 0.2) is 65.1 Å². The lowest BCUT2D eigenvalue weighted by Gasteiger charge is -2.05. The molecule has 0 saturated heterocycles. The Hall–Kier alpha value is -4.00. The number of aromatic amines is 1. The molecule has 4 aromatic rings. The summed E-state index contributed by atoms with van der Waals surface area (Å²) >= 11 is 0. The second-order valence-corrected chi connectivity index (χ2v) is 7.00. The fourth-order valence-electron chi connectivity index (χ4n) is 3.21. The van der Waals surface area contributed by atoms with Crippen LogP contribution in [-0.2, 0) is 6.61 Å². The number of hydrogen-bond donors (Lipinski definition) is 3. The van der Waals surface area contributed by atoms with Crippen LogP contribution in [0.5, 0.6) is 5.75 Å². The van der Waals surface area contributed by atoms with Gasteiger partial charge in [0.15, 0.2) is 5.76 Å². The molecule has 30 heavy (non-hydrogen) atoms. The van der Waals surface area contributed by atoms with Crippen molar-refractivity contribution in [2.24, 2.45) is 0 Å². The van der Waals surface area contributed by atoms with Gasteiger partial charge in [-0.15, -0.1) is 0 Å². The first-order valence-electron chi connectivity index (χ1n) is 9.47. The van der Waals surface area contributed by atoms with E-state index in [2.05, 4.69) is 21.9 Å². The van der Waals surface area contributed by atoms with Crippen LogP contribution in [0.4, 0.5) is 0 Å². The summed E-state index contributed by atoms with van der Waals surface area (Å²) in [7, 11) is 0. The van der Waals surface area contributed by atoms with Crippen molar-refractivity contribution in [1.82, 2.24) is 15.8 Å². The van der Waals surface area contributed by atoms with Crippen molar-refractivity contribution in [2.45, 2.75) is 20.5 Å². The molecule has 0 aliphatic heterocycles. The van der Waals surface area contributed by atoms with Crippen LogP contribution in [0.1, 0.15) is 37.9 Å². The maximum atomic E-state index is 12.4. The SMILES string of the molecule is Cc1cc(C)c2cc(C(=O)NNC(=O)c3ccc(COc4ccccc4)o3)[nH]c2c1. The number of H-pyrrole nitrogens is 1. The predicted molar refractivity (Wildman–Crippen MR) is 112 cm³/mol. The number of aryl methyl sites for hydroxylation is 2. The number of benzene rings is 2. The first-order chi connectivity index (χ1) is 14.5. The zero-order chi connectivity index (χ0) is 21.1. The lowest BCUT2D eigenvalue weighted by atomic mass is 10.1. The van der Waals surface area contributed by atoms with E-state index in [9.17, 15) is 9.59 Å². The maximum absolute atomic E-state index is 12.4. The smallest absolute Gasteiger partial charge is 0.305 e. The maximum Gasteiger partial charge on any atom is 0.305 e. The van der Waals surface area contributed by atoms with Gasteiger partial charge in [-0.05, 0) is 61.4 Å². The quantitative estimate of drug-likeness (QED) is 0.438. The molecule has 0 bridgehead atoms. The summed E-state index contributed by atoms with van der Waals surface area (Å²) in [6.07, 6.45) is 0. The zero-order valence-electron chi connectivity index (χ0n) is 16.6. The van der Waals surface area contributed by atoms with Crippen LogP contribution in [0.2, 0.25) is 0 Å². The number of nitrogens with one attached hydrogen (secondary N) is 3. The number of aromatic nitrogens is 1. The van der Waals surface area contributed by atoms with Gasteiger partial charge in [0.1, 0.15) is 23.8 Å². The number of hydrazine groups is 1. The van der Waals surface area contributed by atoms with Crippen LogP contribution in [0.3, 0.4) is 0 Å². The van der Waals surface area contributed by atoms with Gasteiger partial charge in [-0.1, -0.05) is 24.3 Å². The van der Waals surface area contributed by atoms with Crippen molar-refractivity contribution in [3.05, 3.63) is 89.0 Å². The number of carbonyl (C=O) groups is 2. The highest BCUT2D eigenvalue weighted by Gasteiger charge is 2.15. The second-order valence-electron chi connectivity index (χ2n) is 7.00. The molecule has 152 valence electrons. The Morgan fingerprint density at radius 1 is 0.967 bits per heavy atom. The van der Waals surface area contributed by atoms with Crippen molar-refractivity contribution in [2.75, 3.05) is 0 Å². The molecule has 7 heteroatoms. The van der Waals surface area contributed by atoms with Gasteiger partial charge >= 0.3 is 5.91 Å². The molecule has 0 fully saturated rings. The van der Waals surface area contributed by atoms with E-state index in [1.165, 1.54) is 6.07 Å². The molecule has 2 aromatic heterocycles. The van der Waals surface area contributed by atoms with Crippen LogP contribution < -0.4 is 15.6 Å². The lowest BCUT2D eigenvalue weighted by molar-refractivity contribution is 0.0826. The molecule has 0 radical (unpaired) electrons. The minimum atomic E-state index is -0.558. The van der Waals surface area contributed by atoms with E-state index in [4.69, 9.17) is 9.15 Å². The molecule has 2 heterocycles. The van der Waals surface area contributed by atoms with E-state index >= 15 is 0 Å². The topological polar surface area (TPSA) is 96.4 Å². The van der Waals surface area contributed by atoms with Gasteiger partial charge in [-0.25, -0.2) is 0 Å². The number of ether oxygens (including phenoxy) is 1. The number of carbonyl (C=O) groups excluding carboxylic acids is 2. The monoisotopic (exact) mass is 403 g/mol. The highest BCUT2D eigenvalue weighted by Crippen LogP contribution is 2.21. The van der Waals surface area contributed by atoms with Crippen LogP contribution in [0.25, 0.3) is 10.9 Å². The first-order valence-corrected chi connectivity index (χ1v) is 9.47. The number of fused-ring (bicyclic) bond motifs is 1. The van der Waals surface area contributed by atoms with Crippen molar-refractivity contribution in [3.63, 3.8) is 0 Å². The fourth-order valence-corrected chi connectivity index (χ4v) is 3.21. The predicted octanol–water partition coefficient (Wildman–Crippen LogP) is 4.03. The van der Waals surface area contributed by atoms with Crippen molar-refractivity contribution in [1.29, 1.82) is 0 Å². The third kappa shape index (κ3) is 4.20. The lowest BCUT2D eigenvalue weighted by Crippen LogP contribution is -2.41. The molecular formula is C23H21N3O4. The minimum Gasteiger partial charge on any atom is -0.486 e. The Kier molecular flexibility index (Phi) is 5.26. The van der Waals surface area contributed by atoms with Gasteiger partial charge in [-0.2, -0.15) is 0 Å². The van der Waals surface area contributed by atoms with E-state index in [0.29, 0.717) is 17.2 Å². The number of furan rings is 1. The van der Waals surface area contributed by atoms with Gasteiger partial charge in [0.05, 0.1) is 0 Å². The molecular weight excluding hydrogens is 382 g/mol. The number of rotatable bonds is 5. The van der Waals surface area contributed by atoms with E-state index in [0.717, 1.165) is 22.0 Å². The normalized spacial score (nSPS) is 10.7. The Balaban J connectivity index is 1.35. The molecule has 2 aromatic carbocycles. The third-order valence-electron chi connectivity index (χ3n) is 4.63. The number of hydrogen-bond acceptors (Lipinski definition) is 4. The Labute approximate surface area is 173 Å². The van der Waals surface area contributed by atoms with Crippen LogP contribution in [-0.4, -0.2) is 16.8 Å². The Morgan fingerprint density at radius 3 is 2.53 bits per heavy atom. The summed E-state index contributed by atoms with van der Waals surface area (Å²) in [4.78, 5) is 27.7. The summed E-state index contributed by atoms with van der Waals surface area (Å²) in [5.41, 5.74) is 8.17. The van der Waals surface area contributed by atoms with Gasteiger partial charge in [-0.3, -0.25) is 20.4 Å². The summed E-state index contributed by atoms with van der Waals surface area (Å²) < 4.78 is 11.1. The third-order valence-corrected chi connectivity index (χ3v) is 4.63. The molecule has 0 spiro atoms. The van der Waals surface area contributed by atoms with E-state index < -0.39 is 11.8 Å². The highest BCUT2D eigenvalue weighted by molar-refractivity contribution is 6.00. The first kappa shape index (κ1) is 19.3. The van der Waals surface area contributed by atoms with E-state index in [-0.39, 0.29) is 12.4 Å². The van der Waals surface area contributed by atoms with E-state index in [1.54, 1.807) is 12.1 Å². The second kappa shape index (κ2) is 8.16. The Morgan fingerprint density at radius 2 is 1.73 bits per heavy atom. The summed E-state index contributed by atoms with van der Waals surface area (Å²) in [5, 5.41) is 0.964. The minimum absolute atomic E-state index is 0.0741. The largest absolute Gasteiger partial charge is 0.486 e. The molecule has 4 rings (SSSR count). The Bertz CT molecular complexity index is 1210. The standard InChI is InChI=1S/C23H21N3O4/c1-14-10-15(2)18-12-20(24-19(18)11-14)22(27)25-26-23(28)21-9-8-17(30-21)13-29-16-6-4-3-5-7-16/h3-12,24H,13H2,1-2H3,(H,25,27)(H,26,28). The van der Waals surface area contributed by atoms with E-state index in [1.807, 2.05) is 50.2 Å². The molecule has 0 atom stereocenters. The molecule has 3 N–H and O–H groups in total. The van der Waals surface area contributed by atoms with Gasteiger partial charge < -0.3 is 14.1 Å². The van der Waals surface area contributed by atoms with Gasteiger partial charge in [0.25, 0.3) is 5.91 Å². The van der Waals surface area contributed by atoms with Crippen LogP contribution in [0, 0.1) is 13.8 Å². The highest BCUT2D eigenvalue weighted by atomic mass is 16.5. The molecule has 0 saturated carbocycles. The van der Waals surface area contributed by atoms with Crippen molar-refractivity contribution < 1.29 is 18.7 Å².